The third kappa shape index (κ3) is 5.70. The highest BCUT2D eigenvalue weighted by Crippen LogP contribution is 2.32. The number of aromatic nitrogens is 1. The van der Waals surface area contributed by atoms with E-state index >= 15 is 0 Å². The van der Waals surface area contributed by atoms with E-state index in [-0.39, 0.29) is 24.4 Å². The van der Waals surface area contributed by atoms with Crippen LogP contribution in [-0.2, 0) is 9.53 Å². The second-order valence-corrected chi connectivity index (χ2v) is 8.78. The summed E-state index contributed by atoms with van der Waals surface area (Å²) in [5.74, 6) is -0.583. The van der Waals surface area contributed by atoms with Gasteiger partial charge in [-0.3, -0.25) is 4.79 Å². The van der Waals surface area contributed by atoms with Gasteiger partial charge in [0.15, 0.2) is 5.88 Å². The van der Waals surface area contributed by atoms with Crippen molar-refractivity contribution in [3.8, 4) is 5.88 Å². The number of hydrogen-bond donors (Lipinski definition) is 3. The first-order valence-corrected chi connectivity index (χ1v) is 12.1. The maximum absolute atomic E-state index is 12.2. The van der Waals surface area contributed by atoms with Crippen molar-refractivity contribution in [1.82, 2.24) is 4.98 Å². The van der Waals surface area contributed by atoms with Gasteiger partial charge in [-0.25, -0.2) is 9.79 Å². The highest BCUT2D eigenvalue weighted by molar-refractivity contribution is 6.22. The van der Waals surface area contributed by atoms with Crippen LogP contribution in [0.1, 0.15) is 42.3 Å². The molecule has 8 heteroatoms. The van der Waals surface area contributed by atoms with Crippen molar-refractivity contribution in [3.05, 3.63) is 89.5 Å². The lowest BCUT2D eigenvalue weighted by atomic mass is 10.00. The maximum Gasteiger partial charge on any atom is 0.338 e. The Labute approximate surface area is 215 Å². The zero-order valence-electron chi connectivity index (χ0n) is 21.1. The Morgan fingerprint density at radius 2 is 1.76 bits per heavy atom. The normalized spacial score (nSPS) is 12.4. The van der Waals surface area contributed by atoms with Crippen molar-refractivity contribution in [3.63, 3.8) is 0 Å². The Morgan fingerprint density at radius 3 is 2.38 bits per heavy atom. The predicted molar refractivity (Wildman–Crippen MR) is 146 cm³/mol. The molecule has 4 rings (SSSR count). The smallest absolute Gasteiger partial charge is 0.338 e. The highest BCUT2D eigenvalue weighted by atomic mass is 16.5. The Bertz CT molecular complexity index is 1440. The number of aliphatic imine (C=N–C) groups is 1. The molecule has 1 aromatic heterocycles. The van der Waals surface area contributed by atoms with Crippen LogP contribution < -0.4 is 10.6 Å². The zero-order chi connectivity index (χ0) is 26.5. The molecule has 1 heterocycles. The molecule has 0 saturated carbocycles. The Kier molecular flexibility index (Phi) is 7.69. The Morgan fingerprint density at radius 1 is 1.05 bits per heavy atom. The molecular weight excluding hydrogens is 468 g/mol. The summed E-state index contributed by atoms with van der Waals surface area (Å²) in [5, 5.41) is 11.6. The Balaban J connectivity index is 1.80. The number of nitrogens with zero attached hydrogens (tertiary/aromatic N) is 2. The Hall–Kier alpha value is -4.43. The second-order valence-electron chi connectivity index (χ2n) is 8.78. The van der Waals surface area contributed by atoms with Crippen molar-refractivity contribution in [2.45, 2.75) is 26.8 Å². The van der Waals surface area contributed by atoms with Gasteiger partial charge in [-0.05, 0) is 50.2 Å². The summed E-state index contributed by atoms with van der Waals surface area (Å²) in [6.45, 7) is 5.79. The molecule has 37 heavy (non-hydrogen) atoms. The summed E-state index contributed by atoms with van der Waals surface area (Å²) in [5.41, 5.74) is 10.1. The molecule has 0 fully saturated rings. The molecule has 0 spiro atoms. The summed E-state index contributed by atoms with van der Waals surface area (Å²) in [4.78, 5) is 33.8. The van der Waals surface area contributed by atoms with E-state index < -0.39 is 5.97 Å². The number of ether oxygens (including phenoxy) is 1. The van der Waals surface area contributed by atoms with E-state index in [1.165, 1.54) is 6.92 Å². The summed E-state index contributed by atoms with van der Waals surface area (Å²) >= 11 is 0. The molecule has 8 nitrogen and oxygen atoms in total. The van der Waals surface area contributed by atoms with Gasteiger partial charge in [0.05, 0.1) is 29.1 Å². The number of nitrogens with two attached hydrogens (primary N) is 1. The van der Waals surface area contributed by atoms with Crippen molar-refractivity contribution in [2.24, 2.45) is 10.7 Å². The van der Waals surface area contributed by atoms with Crippen LogP contribution in [0.2, 0.25) is 0 Å². The monoisotopic (exact) mass is 498 g/mol. The minimum absolute atomic E-state index is 0.0603. The molecule has 0 bridgehead atoms. The molecule has 3 aromatic carbocycles. The fraction of sp³-hybridized carbons (Fsp3) is 0.207. The van der Waals surface area contributed by atoms with Gasteiger partial charge < -0.3 is 25.5 Å². The van der Waals surface area contributed by atoms with Gasteiger partial charge in [0.25, 0.3) is 0 Å². The minimum Gasteiger partial charge on any atom is -0.494 e. The largest absolute Gasteiger partial charge is 0.494 e. The standard InChI is InChI=1S/C29H30N4O4/c1-4-37-29(36)21-10-15-24-25(16-21)32-28(35)26(24)27(20-8-6-5-7-9-20)31-22-11-13-23(14-12-22)33(19(3)34)17-18(2)30/h5-16,18,32,35H,4,17,30H2,1-3H3. The molecule has 0 aliphatic heterocycles. The molecule has 190 valence electrons. The number of nitrogens with one attached hydrogen (secondary N) is 1. The van der Waals surface area contributed by atoms with Crippen LogP contribution in [0, 0.1) is 0 Å². The van der Waals surface area contributed by atoms with Crippen LogP contribution in [0.3, 0.4) is 0 Å². The van der Waals surface area contributed by atoms with Gasteiger partial charge in [-0.15, -0.1) is 0 Å². The lowest BCUT2D eigenvalue weighted by molar-refractivity contribution is -0.116. The quantitative estimate of drug-likeness (QED) is 0.235. The van der Waals surface area contributed by atoms with E-state index in [0.29, 0.717) is 40.0 Å². The van der Waals surface area contributed by atoms with Gasteiger partial charge in [0, 0.05) is 41.7 Å². The molecule has 1 amide bonds. The first kappa shape index (κ1) is 25.7. The molecular formula is C29H30N4O4. The third-order valence-corrected chi connectivity index (χ3v) is 5.83. The first-order chi connectivity index (χ1) is 17.8. The van der Waals surface area contributed by atoms with E-state index in [9.17, 15) is 14.7 Å². The third-order valence-electron chi connectivity index (χ3n) is 5.83. The summed E-state index contributed by atoms with van der Waals surface area (Å²) in [6.07, 6.45) is 0. The molecule has 0 saturated heterocycles. The number of benzene rings is 3. The molecule has 1 unspecified atom stereocenters. The number of H-pyrrole nitrogens is 1. The van der Waals surface area contributed by atoms with E-state index in [4.69, 9.17) is 15.5 Å². The molecule has 0 aliphatic rings. The van der Waals surface area contributed by atoms with Gasteiger partial charge in [-0.1, -0.05) is 36.4 Å². The molecule has 1 atom stereocenters. The van der Waals surface area contributed by atoms with E-state index in [0.717, 1.165) is 11.3 Å². The number of aromatic hydroxyl groups is 1. The molecule has 4 aromatic rings. The van der Waals surface area contributed by atoms with Gasteiger partial charge >= 0.3 is 5.97 Å². The van der Waals surface area contributed by atoms with Crippen molar-refractivity contribution >= 4 is 39.9 Å². The summed E-state index contributed by atoms with van der Waals surface area (Å²) < 4.78 is 5.10. The van der Waals surface area contributed by atoms with Crippen LogP contribution in [0.25, 0.3) is 10.9 Å². The number of carbonyl (C=O) groups is 2. The molecule has 0 radical (unpaired) electrons. The van der Waals surface area contributed by atoms with E-state index in [1.807, 2.05) is 61.5 Å². The zero-order valence-corrected chi connectivity index (χ0v) is 21.1. The SMILES string of the molecule is CCOC(=O)c1ccc2c(C(=Nc3ccc(N(CC(C)N)C(C)=O)cc3)c3ccccc3)c(O)[nH]c2c1. The van der Waals surface area contributed by atoms with Crippen LogP contribution in [-0.4, -0.2) is 46.9 Å². The fourth-order valence-electron chi connectivity index (χ4n) is 4.17. The number of esters is 1. The number of aromatic amines is 1. The topological polar surface area (TPSA) is 121 Å². The van der Waals surface area contributed by atoms with Crippen LogP contribution in [0.15, 0.2) is 77.8 Å². The van der Waals surface area contributed by atoms with Gasteiger partial charge in [-0.2, -0.15) is 0 Å². The number of fused-ring (bicyclic) bond motifs is 1. The second kappa shape index (κ2) is 11.1. The maximum atomic E-state index is 12.2. The van der Waals surface area contributed by atoms with Crippen molar-refractivity contribution < 1.29 is 19.4 Å². The number of anilines is 1. The van der Waals surface area contributed by atoms with E-state index in [1.54, 1.807) is 30.0 Å². The van der Waals surface area contributed by atoms with Crippen LogP contribution in [0.5, 0.6) is 5.88 Å². The fourth-order valence-corrected chi connectivity index (χ4v) is 4.17. The van der Waals surface area contributed by atoms with Crippen LogP contribution >= 0.6 is 0 Å². The van der Waals surface area contributed by atoms with Crippen molar-refractivity contribution in [1.29, 1.82) is 0 Å². The number of carbonyl (C=O) groups excluding carboxylic acids is 2. The average molecular weight is 499 g/mol. The number of amides is 1. The number of hydrogen-bond acceptors (Lipinski definition) is 6. The van der Waals surface area contributed by atoms with Crippen LogP contribution in [0.4, 0.5) is 11.4 Å². The molecule has 0 aliphatic carbocycles. The van der Waals surface area contributed by atoms with Crippen molar-refractivity contribution in [2.75, 3.05) is 18.1 Å². The lowest BCUT2D eigenvalue weighted by Gasteiger charge is -2.23. The first-order valence-electron chi connectivity index (χ1n) is 12.1. The minimum atomic E-state index is -0.430. The summed E-state index contributed by atoms with van der Waals surface area (Å²) in [7, 11) is 0. The predicted octanol–water partition coefficient (Wildman–Crippen LogP) is 4.92. The summed E-state index contributed by atoms with van der Waals surface area (Å²) in [6, 6.07) is 21.8. The number of rotatable bonds is 8. The van der Waals surface area contributed by atoms with E-state index in [2.05, 4.69) is 4.98 Å². The van der Waals surface area contributed by atoms with Gasteiger partial charge in [0.1, 0.15) is 0 Å². The molecule has 4 N–H and O–H groups in total. The average Bonchev–Trinajstić information content (AvgIpc) is 3.21. The highest BCUT2D eigenvalue weighted by Gasteiger charge is 2.20. The lowest BCUT2D eigenvalue weighted by Crippen LogP contribution is -2.38. The van der Waals surface area contributed by atoms with Gasteiger partial charge in [0.2, 0.25) is 5.91 Å².